The van der Waals surface area contributed by atoms with Crippen molar-refractivity contribution in [2.24, 2.45) is 0 Å². The molecule has 0 aliphatic heterocycles. The van der Waals surface area contributed by atoms with Crippen LogP contribution in [0.2, 0.25) is 0 Å². The zero-order chi connectivity index (χ0) is 19.9. The second-order valence-electron chi connectivity index (χ2n) is 6.53. The van der Waals surface area contributed by atoms with E-state index in [9.17, 15) is 13.2 Å². The molecule has 0 saturated carbocycles. The number of carbonyl (C=O) groups is 1. The normalized spacial score (nSPS) is 12.9. The number of benzene rings is 1. The van der Waals surface area contributed by atoms with Gasteiger partial charge in [0.15, 0.2) is 15.0 Å². The molecule has 1 aliphatic rings. The molecule has 0 bridgehead atoms. The number of fused-ring (bicyclic) bond motifs is 3. The van der Waals surface area contributed by atoms with Crippen molar-refractivity contribution >= 4 is 43.5 Å². The third-order valence-electron chi connectivity index (χ3n) is 4.47. The summed E-state index contributed by atoms with van der Waals surface area (Å²) in [6, 6.07) is 9.18. The van der Waals surface area contributed by atoms with E-state index in [0.29, 0.717) is 10.0 Å². The second kappa shape index (κ2) is 7.31. The van der Waals surface area contributed by atoms with Gasteiger partial charge in [-0.2, -0.15) is 0 Å². The minimum Gasteiger partial charge on any atom is -0.497 e. The van der Waals surface area contributed by atoms with Crippen LogP contribution < -0.4 is 10.1 Å². The van der Waals surface area contributed by atoms with E-state index in [1.54, 1.807) is 13.2 Å². The number of ether oxygens (including phenoxy) is 1. The van der Waals surface area contributed by atoms with Gasteiger partial charge in [-0.05, 0) is 48.7 Å². The van der Waals surface area contributed by atoms with Gasteiger partial charge in [0, 0.05) is 21.6 Å². The van der Waals surface area contributed by atoms with Crippen molar-refractivity contribution in [3.05, 3.63) is 45.6 Å². The maximum atomic E-state index is 12.4. The smallest absolute Gasteiger partial charge is 0.231 e. The Morgan fingerprint density at radius 1 is 1.21 bits per heavy atom. The Morgan fingerprint density at radius 3 is 2.75 bits per heavy atom. The molecule has 9 heteroatoms. The summed E-state index contributed by atoms with van der Waals surface area (Å²) in [6.45, 7) is 0. The SMILES string of the molecule is COc1ccc2c(c1)CCc1sc(NC(=O)Cc3ccc(S(C)(=O)=O)s3)nc1-2. The minimum absolute atomic E-state index is 0.123. The molecule has 0 atom stereocenters. The molecule has 1 aromatic carbocycles. The van der Waals surface area contributed by atoms with Crippen LogP contribution >= 0.6 is 22.7 Å². The van der Waals surface area contributed by atoms with E-state index >= 15 is 0 Å². The summed E-state index contributed by atoms with van der Waals surface area (Å²) in [4.78, 5) is 18.9. The Morgan fingerprint density at radius 2 is 2.04 bits per heavy atom. The lowest BCUT2D eigenvalue weighted by atomic mass is 9.93. The molecule has 1 amide bonds. The number of hydrogen-bond donors (Lipinski definition) is 1. The van der Waals surface area contributed by atoms with Crippen molar-refractivity contribution in [1.29, 1.82) is 0 Å². The maximum absolute atomic E-state index is 12.4. The third-order valence-corrected chi connectivity index (χ3v) is 8.41. The van der Waals surface area contributed by atoms with Gasteiger partial charge in [0.25, 0.3) is 0 Å². The molecule has 0 spiro atoms. The molecule has 1 aliphatic carbocycles. The monoisotopic (exact) mass is 434 g/mol. The number of aryl methyl sites for hydroxylation is 2. The molecule has 146 valence electrons. The van der Waals surface area contributed by atoms with E-state index in [0.717, 1.165) is 52.3 Å². The number of thiazole rings is 1. The summed E-state index contributed by atoms with van der Waals surface area (Å²) >= 11 is 2.61. The first-order valence-electron chi connectivity index (χ1n) is 8.59. The molecule has 4 rings (SSSR count). The van der Waals surface area contributed by atoms with Gasteiger partial charge in [0.05, 0.1) is 19.2 Å². The highest BCUT2D eigenvalue weighted by atomic mass is 32.2. The summed E-state index contributed by atoms with van der Waals surface area (Å²) in [5.41, 5.74) is 3.19. The van der Waals surface area contributed by atoms with Crippen LogP contribution in [0.5, 0.6) is 5.75 Å². The van der Waals surface area contributed by atoms with Gasteiger partial charge in [-0.25, -0.2) is 13.4 Å². The Labute approximate surface area is 171 Å². The Balaban J connectivity index is 1.50. The van der Waals surface area contributed by atoms with E-state index in [4.69, 9.17) is 4.74 Å². The van der Waals surface area contributed by atoms with Crippen LogP contribution in [-0.4, -0.2) is 32.7 Å². The molecule has 3 aromatic rings. The van der Waals surface area contributed by atoms with Crippen molar-refractivity contribution in [2.45, 2.75) is 23.5 Å². The predicted molar refractivity (Wildman–Crippen MR) is 111 cm³/mol. The Bertz CT molecular complexity index is 1160. The van der Waals surface area contributed by atoms with Gasteiger partial charge >= 0.3 is 0 Å². The maximum Gasteiger partial charge on any atom is 0.231 e. The van der Waals surface area contributed by atoms with E-state index in [1.807, 2.05) is 18.2 Å². The summed E-state index contributed by atoms with van der Waals surface area (Å²) in [6.07, 6.45) is 3.08. The number of anilines is 1. The lowest BCUT2D eigenvalue weighted by molar-refractivity contribution is -0.115. The molecule has 2 aromatic heterocycles. The predicted octanol–water partition coefficient (Wildman–Crippen LogP) is 3.56. The molecule has 0 saturated heterocycles. The highest BCUT2D eigenvalue weighted by Crippen LogP contribution is 2.39. The molecule has 2 heterocycles. The zero-order valence-electron chi connectivity index (χ0n) is 15.3. The fraction of sp³-hybridized carbons (Fsp3) is 0.263. The minimum atomic E-state index is -3.24. The molecular formula is C19H18N2O4S3. The standard InChI is InChI=1S/C19H18N2O4S3/c1-25-12-4-6-14-11(9-12)3-7-15-18(14)21-19(27-15)20-16(22)10-13-5-8-17(26-13)28(2,23)24/h4-6,8-9H,3,7,10H2,1-2H3,(H,20,21,22). The highest BCUT2D eigenvalue weighted by molar-refractivity contribution is 7.92. The van der Waals surface area contributed by atoms with Gasteiger partial charge in [-0.15, -0.1) is 22.7 Å². The van der Waals surface area contributed by atoms with Gasteiger partial charge in [-0.1, -0.05) is 0 Å². The van der Waals surface area contributed by atoms with Crippen molar-refractivity contribution in [3.8, 4) is 17.0 Å². The molecule has 6 nitrogen and oxygen atoms in total. The number of hydrogen-bond acceptors (Lipinski definition) is 7. The molecule has 0 radical (unpaired) electrons. The number of thiophene rings is 1. The number of carbonyl (C=O) groups excluding carboxylic acids is 1. The van der Waals surface area contributed by atoms with Crippen LogP contribution in [-0.2, 0) is 33.9 Å². The number of aromatic nitrogens is 1. The zero-order valence-corrected chi connectivity index (χ0v) is 17.8. The molecule has 0 fully saturated rings. The van der Waals surface area contributed by atoms with E-state index < -0.39 is 9.84 Å². The fourth-order valence-electron chi connectivity index (χ4n) is 3.14. The van der Waals surface area contributed by atoms with Crippen LogP contribution in [0.25, 0.3) is 11.3 Å². The first-order valence-corrected chi connectivity index (χ1v) is 12.1. The van der Waals surface area contributed by atoms with Crippen molar-refractivity contribution in [1.82, 2.24) is 4.98 Å². The Kier molecular flexibility index (Phi) is 4.98. The second-order valence-corrected chi connectivity index (χ2v) is 11.0. The average Bonchev–Trinajstić information content (AvgIpc) is 3.27. The first kappa shape index (κ1) is 19.1. The summed E-state index contributed by atoms with van der Waals surface area (Å²) in [7, 11) is -1.59. The molecular weight excluding hydrogens is 416 g/mol. The summed E-state index contributed by atoms with van der Waals surface area (Å²) < 4.78 is 28.7. The van der Waals surface area contributed by atoms with Gasteiger partial charge < -0.3 is 10.1 Å². The third kappa shape index (κ3) is 3.82. The summed E-state index contributed by atoms with van der Waals surface area (Å²) in [5, 5.41) is 3.42. The van der Waals surface area contributed by atoms with Crippen LogP contribution in [0.1, 0.15) is 15.3 Å². The molecule has 0 unspecified atom stereocenters. The first-order chi connectivity index (χ1) is 13.3. The van der Waals surface area contributed by atoms with Crippen LogP contribution in [0.4, 0.5) is 5.13 Å². The van der Waals surface area contributed by atoms with Gasteiger partial charge in [-0.3, -0.25) is 4.79 Å². The lowest BCUT2D eigenvalue weighted by Gasteiger charge is -2.15. The number of nitrogens with one attached hydrogen (secondary N) is 1. The molecule has 28 heavy (non-hydrogen) atoms. The Hall–Kier alpha value is -2.23. The number of sulfone groups is 1. The average molecular weight is 435 g/mol. The van der Waals surface area contributed by atoms with Crippen molar-refractivity contribution in [3.63, 3.8) is 0 Å². The van der Waals surface area contributed by atoms with E-state index in [2.05, 4.69) is 10.3 Å². The van der Waals surface area contributed by atoms with Crippen LogP contribution in [0.15, 0.2) is 34.5 Å². The number of amides is 1. The quantitative estimate of drug-likeness (QED) is 0.664. The largest absolute Gasteiger partial charge is 0.497 e. The summed E-state index contributed by atoms with van der Waals surface area (Å²) in [5.74, 6) is 0.623. The highest BCUT2D eigenvalue weighted by Gasteiger charge is 2.22. The van der Waals surface area contributed by atoms with Crippen LogP contribution in [0.3, 0.4) is 0 Å². The van der Waals surface area contributed by atoms with Gasteiger partial charge in [0.1, 0.15) is 9.96 Å². The lowest BCUT2D eigenvalue weighted by Crippen LogP contribution is -2.13. The van der Waals surface area contributed by atoms with Crippen LogP contribution in [0, 0.1) is 0 Å². The number of nitrogens with zero attached hydrogens (tertiary/aromatic N) is 1. The number of rotatable bonds is 5. The van der Waals surface area contributed by atoms with Crippen molar-refractivity contribution in [2.75, 3.05) is 18.7 Å². The van der Waals surface area contributed by atoms with E-state index in [-0.39, 0.29) is 16.5 Å². The number of methoxy groups -OCH3 is 1. The topological polar surface area (TPSA) is 85.4 Å². The molecule has 1 N–H and O–H groups in total. The van der Waals surface area contributed by atoms with Gasteiger partial charge in [0.2, 0.25) is 5.91 Å². The van der Waals surface area contributed by atoms with E-state index in [1.165, 1.54) is 23.0 Å². The van der Waals surface area contributed by atoms with Crippen molar-refractivity contribution < 1.29 is 17.9 Å². The fourth-order valence-corrected chi connectivity index (χ4v) is 6.11.